The van der Waals surface area contributed by atoms with Gasteiger partial charge in [-0.05, 0) is 206 Å². The van der Waals surface area contributed by atoms with Gasteiger partial charge in [0, 0.05) is 98.4 Å². The Bertz CT molecular complexity index is 11000. The number of para-hydroxylation sites is 12. The summed E-state index contributed by atoms with van der Waals surface area (Å²) in [6.07, 6.45) is 0. The van der Waals surface area contributed by atoms with E-state index in [0.29, 0.717) is 0 Å². The molecule has 12 heteroatoms. The van der Waals surface area contributed by atoms with Crippen molar-refractivity contribution in [2.45, 2.75) is 0 Å². The molecule has 0 radical (unpaired) electrons. The van der Waals surface area contributed by atoms with Crippen molar-refractivity contribution in [2.75, 3.05) is 0 Å². The largest absolute Gasteiger partial charge is 0.309 e. The van der Waals surface area contributed by atoms with Crippen LogP contribution in [0.2, 0.25) is 0 Å². The zero-order chi connectivity index (χ0) is 97.1. The van der Waals surface area contributed by atoms with Gasteiger partial charge >= 0.3 is 0 Å². The van der Waals surface area contributed by atoms with Gasteiger partial charge in [0.15, 0.2) is 17.5 Å². The van der Waals surface area contributed by atoms with Crippen LogP contribution in [0.4, 0.5) is 0 Å². The summed E-state index contributed by atoms with van der Waals surface area (Å²) in [6.45, 7) is 0. The van der Waals surface area contributed by atoms with Crippen LogP contribution in [-0.2, 0) is 0 Å². The molecular formula is C136H84N12. The molecule has 9 aromatic heterocycles. The maximum absolute atomic E-state index is 5.40. The Balaban J connectivity index is 0.000000103. The van der Waals surface area contributed by atoms with E-state index in [2.05, 4.69) is 470 Å². The summed E-state index contributed by atoms with van der Waals surface area (Å²) >= 11 is 0. The van der Waals surface area contributed by atoms with Crippen LogP contribution in [0.3, 0.4) is 0 Å². The molecule has 0 unspecified atom stereocenters. The van der Waals surface area contributed by atoms with Gasteiger partial charge in [0.2, 0.25) is 0 Å². The van der Waals surface area contributed by atoms with Crippen molar-refractivity contribution in [3.8, 4) is 79.4 Å². The van der Waals surface area contributed by atoms with Gasteiger partial charge < -0.3 is 13.7 Å². The Morgan fingerprint density at radius 2 is 0.345 bits per heavy atom. The second-order valence-electron chi connectivity index (χ2n) is 38.3. The summed E-state index contributed by atoms with van der Waals surface area (Å²) in [6, 6.07) is 181. The number of hydrogen-bond donors (Lipinski definition) is 0. The van der Waals surface area contributed by atoms with Crippen molar-refractivity contribution in [3.05, 3.63) is 510 Å². The standard InChI is InChI=1S/C48H30N4.C46H28N4.C42H26N4/c1-2-12-31(13-3-1)32-22-24-34(25-23-32)47-48(50-41-19-9-8-18-40(41)49-47)52-44-29-27-35(30-39(44)46-36-15-5-4-14-33(36)26-28-45(46)52)51-42-20-10-6-16-37(42)38-17-7-11-21-43(38)51;1-2-13-31-27-32(22-21-29(31)11-1)45-46(48-39-18-8-7-17-38(39)47-45)50-42-26-24-33(28-37(42)44-34-14-4-3-12-30(34)23-25-43(44)50)49-40-19-9-5-15-35(40)36-16-6-10-20-41(36)49;1-2-13-28(14-3-1)41-42(44-35-19-9-8-18-34(35)43-41)46-38-25-23-29(26-33(38)40-30-15-5-4-12-27(30)22-24-39(40)46)45-36-20-10-6-16-31(36)32-17-7-11-21-37(32)45/h1-30H;1-28H;1-26H. The van der Waals surface area contributed by atoms with Crippen molar-refractivity contribution in [3.63, 3.8) is 0 Å². The van der Waals surface area contributed by atoms with Gasteiger partial charge in [-0.25, -0.2) is 29.9 Å². The van der Waals surface area contributed by atoms with Crippen LogP contribution in [0.1, 0.15) is 0 Å². The highest BCUT2D eigenvalue weighted by Crippen LogP contribution is 2.48. The molecule has 0 aliphatic heterocycles. The van der Waals surface area contributed by atoms with E-state index in [-0.39, 0.29) is 0 Å². The van der Waals surface area contributed by atoms with E-state index in [0.717, 1.165) is 134 Å². The van der Waals surface area contributed by atoms with Gasteiger partial charge in [0.25, 0.3) is 0 Å². The highest BCUT2D eigenvalue weighted by Gasteiger charge is 2.29. The smallest absolute Gasteiger partial charge is 0.165 e. The summed E-state index contributed by atoms with van der Waals surface area (Å²) in [7, 11) is 0. The lowest BCUT2D eigenvalue weighted by Crippen LogP contribution is -2.04. The first-order valence-electron chi connectivity index (χ1n) is 50.3. The average Bonchev–Trinajstić information content (AvgIpc) is 1.56. The lowest BCUT2D eigenvalue weighted by Gasteiger charge is -2.14. The zero-order valence-corrected chi connectivity index (χ0v) is 79.9. The normalized spacial score (nSPS) is 11.9. The quantitative estimate of drug-likeness (QED) is 0.135. The molecule has 148 heavy (non-hydrogen) atoms. The minimum absolute atomic E-state index is 0.811. The minimum atomic E-state index is 0.811. The summed E-state index contributed by atoms with van der Waals surface area (Å²) in [5.74, 6) is 2.45. The number of benzene rings is 23. The first-order chi connectivity index (χ1) is 73.4. The van der Waals surface area contributed by atoms with Gasteiger partial charge in [-0.15, -0.1) is 0 Å². The molecule has 0 fully saturated rings. The first-order valence-corrected chi connectivity index (χ1v) is 50.3. The second-order valence-corrected chi connectivity index (χ2v) is 38.3. The molecular weight excluding hydrogens is 1800 g/mol. The molecule has 9 heterocycles. The third kappa shape index (κ3) is 13.3. The summed E-state index contributed by atoms with van der Waals surface area (Å²) < 4.78 is 14.2. The summed E-state index contributed by atoms with van der Waals surface area (Å²) in [5.41, 5.74) is 30.3. The molecule has 0 bridgehead atoms. The lowest BCUT2D eigenvalue weighted by molar-refractivity contribution is 1.08. The van der Waals surface area contributed by atoms with E-state index < -0.39 is 0 Å². The second kappa shape index (κ2) is 33.8. The monoisotopic (exact) mass is 1880 g/mol. The fraction of sp³-hybridized carbons (Fsp3) is 0. The predicted molar refractivity (Wildman–Crippen MR) is 616 cm³/mol. The lowest BCUT2D eigenvalue weighted by atomic mass is 10.0. The first kappa shape index (κ1) is 83.7. The molecule has 0 N–H and O–H groups in total. The van der Waals surface area contributed by atoms with Gasteiger partial charge in [-0.2, -0.15) is 0 Å². The summed E-state index contributed by atoms with van der Waals surface area (Å²) in [4.78, 5) is 32.0. The average molecular weight is 1890 g/mol. The molecule has 688 valence electrons. The molecule has 0 atom stereocenters. The number of rotatable bonds is 10. The van der Waals surface area contributed by atoms with E-state index in [1.807, 2.05) is 66.7 Å². The topological polar surface area (TPSA) is 107 Å². The number of fused-ring (bicyclic) bond motifs is 28. The fourth-order valence-corrected chi connectivity index (χ4v) is 23.4. The molecule has 23 aromatic carbocycles. The minimum Gasteiger partial charge on any atom is -0.309 e. The molecule has 0 saturated heterocycles. The highest BCUT2D eigenvalue weighted by molar-refractivity contribution is 6.26. The Morgan fingerprint density at radius 1 is 0.122 bits per heavy atom. The molecule has 12 nitrogen and oxygen atoms in total. The SMILES string of the molecule is c1ccc(-c2ccc(-c3nc4ccccc4nc3-n3c4ccc(-n5c6ccccc6c6ccccc65)cc4c4c5ccccc5ccc43)cc2)cc1.c1ccc(-c2nc3ccccc3nc2-n2c3ccc(-n4c5ccccc5c5ccccc54)cc3c3c4ccccc4ccc32)cc1.c1ccc2cc(-c3nc4ccccc4nc3-n3c4ccc(-n5c6ccccc6c6ccccc65)cc4c4c5ccccc5ccc43)ccc2c1. The molecule has 0 aliphatic rings. The van der Waals surface area contributed by atoms with Gasteiger partial charge in [-0.1, -0.05) is 358 Å². The summed E-state index contributed by atoms with van der Waals surface area (Å²) in [5, 5.41) is 24.3. The van der Waals surface area contributed by atoms with Crippen LogP contribution in [0.15, 0.2) is 510 Å². The van der Waals surface area contributed by atoms with Crippen LogP contribution >= 0.6 is 0 Å². The number of aromatic nitrogens is 12. The molecule has 0 amide bonds. The number of hydrogen-bond acceptors (Lipinski definition) is 6. The third-order valence-electron chi connectivity index (χ3n) is 30.1. The van der Waals surface area contributed by atoms with Crippen molar-refractivity contribution in [1.82, 2.24) is 57.3 Å². The fourth-order valence-electron chi connectivity index (χ4n) is 23.4. The Hall–Kier alpha value is -20.1. The number of nitrogens with zero attached hydrogens (tertiary/aromatic N) is 12. The zero-order valence-electron chi connectivity index (χ0n) is 79.9. The van der Waals surface area contributed by atoms with Crippen LogP contribution in [-0.4, -0.2) is 57.3 Å². The van der Waals surface area contributed by atoms with Gasteiger partial charge in [0.05, 0.1) is 99.3 Å². The van der Waals surface area contributed by atoms with Crippen LogP contribution in [0, 0.1) is 0 Å². The molecule has 0 spiro atoms. The van der Waals surface area contributed by atoms with E-state index in [1.165, 1.54) is 152 Å². The van der Waals surface area contributed by atoms with Crippen molar-refractivity contribution in [1.29, 1.82) is 0 Å². The van der Waals surface area contributed by atoms with E-state index in [9.17, 15) is 0 Å². The van der Waals surface area contributed by atoms with Crippen molar-refractivity contribution in [2.24, 2.45) is 0 Å². The van der Waals surface area contributed by atoms with E-state index in [4.69, 9.17) is 29.9 Å². The molecule has 32 rings (SSSR count). The predicted octanol–water partition coefficient (Wildman–Crippen LogP) is 34.8. The van der Waals surface area contributed by atoms with E-state index in [1.54, 1.807) is 0 Å². The highest BCUT2D eigenvalue weighted by atomic mass is 15.1. The van der Waals surface area contributed by atoms with Gasteiger partial charge in [0.1, 0.15) is 17.1 Å². The molecule has 32 aromatic rings. The van der Waals surface area contributed by atoms with Crippen LogP contribution in [0.25, 0.3) is 286 Å². The Labute approximate surface area is 847 Å². The maximum Gasteiger partial charge on any atom is 0.165 e. The van der Waals surface area contributed by atoms with E-state index >= 15 is 0 Å². The third-order valence-corrected chi connectivity index (χ3v) is 30.1. The van der Waals surface area contributed by atoms with Crippen molar-refractivity contribution < 1.29 is 0 Å². The van der Waals surface area contributed by atoms with Crippen LogP contribution in [0.5, 0.6) is 0 Å². The van der Waals surface area contributed by atoms with Crippen LogP contribution < -0.4 is 0 Å². The van der Waals surface area contributed by atoms with Crippen molar-refractivity contribution >= 4 is 207 Å². The molecule has 0 aliphatic carbocycles. The Kier molecular flexibility index (Phi) is 19.1. The van der Waals surface area contributed by atoms with Gasteiger partial charge in [-0.3, -0.25) is 13.7 Å². The molecule has 0 saturated carbocycles. The maximum atomic E-state index is 5.40. The Morgan fingerprint density at radius 3 is 0.682 bits per heavy atom.